The molecule has 0 saturated carbocycles. The van der Waals surface area contributed by atoms with Crippen molar-refractivity contribution in [2.24, 2.45) is 4.99 Å². The fraction of sp³-hybridized carbons (Fsp3) is 0.143. The highest BCUT2D eigenvalue weighted by atomic mass is 79.9. The molecule has 1 aromatic heterocycles. The maximum Gasteiger partial charge on any atom is 0.177 e. The van der Waals surface area contributed by atoms with Gasteiger partial charge in [0.25, 0.3) is 0 Å². The number of hydrogen-bond donors (Lipinski definition) is 0. The van der Waals surface area contributed by atoms with Crippen LogP contribution in [-0.2, 0) is 0 Å². The Bertz CT molecular complexity index is 359. The van der Waals surface area contributed by atoms with E-state index in [0.717, 1.165) is 14.5 Å². The summed E-state index contributed by atoms with van der Waals surface area (Å²) in [6.45, 7) is 1.96. The van der Waals surface area contributed by atoms with Gasteiger partial charge in [-0.3, -0.25) is 0 Å². The summed E-state index contributed by atoms with van der Waals surface area (Å²) < 4.78 is 1.78. The van der Waals surface area contributed by atoms with Gasteiger partial charge in [-0.15, -0.1) is 0 Å². The van der Waals surface area contributed by atoms with E-state index in [1.165, 1.54) is 0 Å². The van der Waals surface area contributed by atoms with Crippen molar-refractivity contribution in [3.05, 3.63) is 20.7 Å². The third-order valence-electron chi connectivity index (χ3n) is 1.34. The number of halogens is 2. The molecule has 0 spiro atoms. The average Bonchev–Trinajstić information content (AvgIpc) is 2.07. The van der Waals surface area contributed by atoms with Gasteiger partial charge in [-0.25, -0.2) is 4.98 Å². The number of thiocarbonyl (C=S) groups is 1. The standard InChI is InChI=1S/C7H4Br2N2S/c1-4-5(8)2-10-7(6(4)9)11-3-12/h2H,1H3. The van der Waals surface area contributed by atoms with E-state index in [-0.39, 0.29) is 0 Å². The molecule has 0 aliphatic carbocycles. The highest BCUT2D eigenvalue weighted by molar-refractivity contribution is 9.11. The van der Waals surface area contributed by atoms with Gasteiger partial charge in [0.15, 0.2) is 5.82 Å². The molecule has 0 unspecified atom stereocenters. The topological polar surface area (TPSA) is 25.2 Å². The molecular weight excluding hydrogens is 304 g/mol. The molecule has 0 radical (unpaired) electrons. The molecule has 1 rings (SSSR count). The molecule has 2 nitrogen and oxygen atoms in total. The van der Waals surface area contributed by atoms with Gasteiger partial charge in [-0.1, -0.05) is 0 Å². The van der Waals surface area contributed by atoms with E-state index in [4.69, 9.17) is 0 Å². The van der Waals surface area contributed by atoms with E-state index in [1.54, 1.807) is 6.20 Å². The van der Waals surface area contributed by atoms with Crippen molar-refractivity contribution < 1.29 is 0 Å². The lowest BCUT2D eigenvalue weighted by molar-refractivity contribution is 1.21. The van der Waals surface area contributed by atoms with Crippen LogP contribution in [-0.4, -0.2) is 10.1 Å². The van der Waals surface area contributed by atoms with Crippen molar-refractivity contribution >= 4 is 55.1 Å². The van der Waals surface area contributed by atoms with Crippen LogP contribution in [0.3, 0.4) is 0 Å². The molecular formula is C7H4Br2N2S. The van der Waals surface area contributed by atoms with Gasteiger partial charge < -0.3 is 0 Å². The van der Waals surface area contributed by atoms with E-state index >= 15 is 0 Å². The minimum Gasteiger partial charge on any atom is -0.234 e. The molecule has 62 valence electrons. The van der Waals surface area contributed by atoms with Crippen molar-refractivity contribution in [1.82, 2.24) is 4.98 Å². The summed E-state index contributed by atoms with van der Waals surface area (Å²) in [6, 6.07) is 0. The van der Waals surface area contributed by atoms with Crippen LogP contribution in [0.1, 0.15) is 5.56 Å². The van der Waals surface area contributed by atoms with Gasteiger partial charge in [0.1, 0.15) is 0 Å². The van der Waals surface area contributed by atoms with Crippen LogP contribution < -0.4 is 0 Å². The first-order valence-corrected chi connectivity index (χ1v) is 5.04. The molecule has 0 saturated heterocycles. The Balaban J connectivity index is 3.35. The molecule has 0 fully saturated rings. The van der Waals surface area contributed by atoms with Crippen LogP contribution in [0.4, 0.5) is 5.82 Å². The second-order valence-corrected chi connectivity index (χ2v) is 3.90. The number of pyridine rings is 1. The quantitative estimate of drug-likeness (QED) is 0.584. The zero-order valence-corrected chi connectivity index (χ0v) is 10.1. The van der Waals surface area contributed by atoms with Crippen molar-refractivity contribution in [3.8, 4) is 0 Å². The van der Waals surface area contributed by atoms with Crippen molar-refractivity contribution in [3.63, 3.8) is 0 Å². The third-order valence-corrected chi connectivity index (χ3v) is 3.18. The molecule has 0 aliphatic rings. The second-order valence-electron chi connectivity index (χ2n) is 2.07. The average molecular weight is 308 g/mol. The first-order chi connectivity index (χ1) is 5.66. The Morgan fingerprint density at radius 1 is 1.58 bits per heavy atom. The van der Waals surface area contributed by atoms with Crippen LogP contribution in [0.15, 0.2) is 20.1 Å². The van der Waals surface area contributed by atoms with Gasteiger partial charge in [0, 0.05) is 10.7 Å². The SMILES string of the molecule is Cc1c(Br)cnc(N=C=S)c1Br. The predicted octanol–water partition coefficient (Wildman–Crippen LogP) is 3.65. The summed E-state index contributed by atoms with van der Waals surface area (Å²) in [6.07, 6.45) is 1.69. The van der Waals surface area contributed by atoms with Crippen LogP contribution in [0, 0.1) is 6.92 Å². The minimum absolute atomic E-state index is 0.561. The summed E-state index contributed by atoms with van der Waals surface area (Å²) in [5.74, 6) is 0.561. The molecule has 1 heterocycles. The van der Waals surface area contributed by atoms with E-state index in [1.807, 2.05) is 6.92 Å². The smallest absolute Gasteiger partial charge is 0.177 e. The Kier molecular flexibility index (Phi) is 3.53. The third kappa shape index (κ3) is 1.98. The Morgan fingerprint density at radius 3 is 2.83 bits per heavy atom. The van der Waals surface area contributed by atoms with Gasteiger partial charge in [0.05, 0.1) is 9.63 Å². The number of isothiocyanates is 1. The monoisotopic (exact) mass is 306 g/mol. The zero-order chi connectivity index (χ0) is 9.14. The molecule has 1 aromatic rings. The van der Waals surface area contributed by atoms with Gasteiger partial charge in [-0.2, -0.15) is 4.99 Å². The molecule has 12 heavy (non-hydrogen) atoms. The normalized spacial score (nSPS) is 9.25. The van der Waals surface area contributed by atoms with Crippen molar-refractivity contribution in [2.45, 2.75) is 6.92 Å². The Labute approximate surface area is 92.4 Å². The van der Waals surface area contributed by atoms with Gasteiger partial charge >= 0.3 is 0 Å². The summed E-state index contributed by atoms with van der Waals surface area (Å²) >= 11 is 11.2. The minimum atomic E-state index is 0.561. The van der Waals surface area contributed by atoms with Gasteiger partial charge in [0.2, 0.25) is 0 Å². The van der Waals surface area contributed by atoms with E-state index < -0.39 is 0 Å². The summed E-state index contributed by atoms with van der Waals surface area (Å²) in [5, 5.41) is 2.27. The predicted molar refractivity (Wildman–Crippen MR) is 59.1 cm³/mol. The number of rotatable bonds is 1. The Hall–Kier alpha value is -0.0900. The van der Waals surface area contributed by atoms with E-state index in [0.29, 0.717) is 5.82 Å². The van der Waals surface area contributed by atoms with E-state index in [9.17, 15) is 0 Å². The number of nitrogens with zero attached hydrogens (tertiary/aromatic N) is 2. The van der Waals surface area contributed by atoms with Crippen molar-refractivity contribution in [2.75, 3.05) is 0 Å². The maximum atomic E-state index is 4.48. The molecule has 5 heteroatoms. The molecule has 0 aromatic carbocycles. The van der Waals surface area contributed by atoms with E-state index in [2.05, 4.69) is 59.2 Å². The van der Waals surface area contributed by atoms with Crippen LogP contribution in [0.5, 0.6) is 0 Å². The molecule has 0 N–H and O–H groups in total. The summed E-state index contributed by atoms with van der Waals surface area (Å²) in [5.41, 5.74) is 1.05. The highest BCUT2D eigenvalue weighted by Gasteiger charge is 2.05. The summed E-state index contributed by atoms with van der Waals surface area (Å²) in [7, 11) is 0. The maximum absolute atomic E-state index is 4.48. The lowest BCUT2D eigenvalue weighted by Crippen LogP contribution is -1.82. The summed E-state index contributed by atoms with van der Waals surface area (Å²) in [4.78, 5) is 7.83. The highest BCUT2D eigenvalue weighted by Crippen LogP contribution is 2.30. The van der Waals surface area contributed by atoms with Gasteiger partial charge in [-0.05, 0) is 56.6 Å². The number of aromatic nitrogens is 1. The molecule has 0 atom stereocenters. The second kappa shape index (κ2) is 4.23. The number of aliphatic imine (C=N–C) groups is 1. The van der Waals surface area contributed by atoms with Crippen LogP contribution >= 0.6 is 44.1 Å². The van der Waals surface area contributed by atoms with Crippen LogP contribution in [0.25, 0.3) is 0 Å². The van der Waals surface area contributed by atoms with Crippen LogP contribution in [0.2, 0.25) is 0 Å². The zero-order valence-electron chi connectivity index (χ0n) is 6.14. The lowest BCUT2D eigenvalue weighted by atomic mass is 10.3. The molecule has 0 bridgehead atoms. The fourth-order valence-electron chi connectivity index (χ4n) is 0.665. The molecule has 0 aliphatic heterocycles. The largest absolute Gasteiger partial charge is 0.234 e. The lowest BCUT2D eigenvalue weighted by Gasteiger charge is -2.01. The first kappa shape index (κ1) is 9.99. The first-order valence-electron chi connectivity index (χ1n) is 3.05. The number of hydrogen-bond acceptors (Lipinski definition) is 3. The van der Waals surface area contributed by atoms with Crippen molar-refractivity contribution in [1.29, 1.82) is 0 Å². The Morgan fingerprint density at radius 2 is 2.25 bits per heavy atom. The fourth-order valence-corrected chi connectivity index (χ4v) is 1.72. The molecule has 0 amide bonds.